The summed E-state index contributed by atoms with van der Waals surface area (Å²) in [4.78, 5) is 16.7. The van der Waals surface area contributed by atoms with Gasteiger partial charge in [0.1, 0.15) is 0 Å². The standard InChI is InChI=1S/C15H22N4O/c1-18(2)11-3-4-14-12(9-11)13(15(20)17-14)10-19-7-5-16-6-8-19/h3-4,9,13,16H,5-8,10H2,1-2H3,(H,17,20). The molecular weight excluding hydrogens is 252 g/mol. The maximum atomic E-state index is 12.2. The van der Waals surface area contributed by atoms with Gasteiger partial charge in [0.25, 0.3) is 0 Å². The van der Waals surface area contributed by atoms with Crippen molar-refractivity contribution in [3.05, 3.63) is 23.8 Å². The van der Waals surface area contributed by atoms with Gasteiger partial charge in [0.05, 0.1) is 5.92 Å². The zero-order chi connectivity index (χ0) is 14.1. The summed E-state index contributed by atoms with van der Waals surface area (Å²) in [6.07, 6.45) is 0. The van der Waals surface area contributed by atoms with E-state index in [0.29, 0.717) is 0 Å². The summed E-state index contributed by atoms with van der Waals surface area (Å²) >= 11 is 0. The molecule has 1 unspecified atom stereocenters. The minimum absolute atomic E-state index is 0.0389. The van der Waals surface area contributed by atoms with Gasteiger partial charge in [-0.05, 0) is 23.8 Å². The van der Waals surface area contributed by atoms with E-state index in [1.165, 1.54) is 0 Å². The van der Waals surface area contributed by atoms with Crippen molar-refractivity contribution in [1.82, 2.24) is 10.2 Å². The topological polar surface area (TPSA) is 47.6 Å². The van der Waals surface area contributed by atoms with Gasteiger partial charge < -0.3 is 15.5 Å². The number of carbonyl (C=O) groups excluding carboxylic acids is 1. The van der Waals surface area contributed by atoms with E-state index in [1.54, 1.807) is 0 Å². The van der Waals surface area contributed by atoms with Crippen LogP contribution in [0.1, 0.15) is 11.5 Å². The third-order valence-corrected chi connectivity index (χ3v) is 4.15. The Labute approximate surface area is 119 Å². The fourth-order valence-corrected chi connectivity index (χ4v) is 2.92. The first-order chi connectivity index (χ1) is 9.65. The molecule has 1 aromatic carbocycles. The minimum Gasteiger partial charge on any atom is -0.378 e. The number of nitrogens with one attached hydrogen (secondary N) is 2. The van der Waals surface area contributed by atoms with Crippen molar-refractivity contribution in [2.75, 3.05) is 57.0 Å². The summed E-state index contributed by atoms with van der Waals surface area (Å²) in [5, 5.41) is 6.35. The predicted octanol–water partition coefficient (Wildman–Crippen LogP) is 0.693. The van der Waals surface area contributed by atoms with Gasteiger partial charge in [-0.25, -0.2) is 0 Å². The minimum atomic E-state index is -0.0389. The number of amides is 1. The first-order valence-corrected chi connectivity index (χ1v) is 7.20. The molecule has 2 aliphatic heterocycles. The van der Waals surface area contributed by atoms with Crippen molar-refractivity contribution in [2.45, 2.75) is 5.92 Å². The van der Waals surface area contributed by atoms with E-state index in [-0.39, 0.29) is 11.8 Å². The lowest BCUT2D eigenvalue weighted by Gasteiger charge is -2.29. The van der Waals surface area contributed by atoms with Crippen molar-refractivity contribution < 1.29 is 4.79 Å². The van der Waals surface area contributed by atoms with Gasteiger partial charge in [0, 0.05) is 58.2 Å². The van der Waals surface area contributed by atoms with Crippen molar-refractivity contribution in [1.29, 1.82) is 0 Å². The zero-order valence-corrected chi connectivity index (χ0v) is 12.1. The van der Waals surface area contributed by atoms with Gasteiger partial charge >= 0.3 is 0 Å². The number of nitrogens with zero attached hydrogens (tertiary/aromatic N) is 2. The largest absolute Gasteiger partial charge is 0.378 e. The van der Waals surface area contributed by atoms with Gasteiger partial charge in [-0.3, -0.25) is 9.69 Å². The summed E-state index contributed by atoms with van der Waals surface area (Å²) in [5.41, 5.74) is 3.26. The molecule has 3 rings (SSSR count). The molecule has 2 N–H and O–H groups in total. The molecule has 0 bridgehead atoms. The Bertz CT molecular complexity index is 509. The quantitative estimate of drug-likeness (QED) is 0.851. The lowest BCUT2D eigenvalue weighted by molar-refractivity contribution is -0.117. The fourth-order valence-electron chi connectivity index (χ4n) is 2.92. The molecule has 1 aromatic rings. The van der Waals surface area contributed by atoms with Gasteiger partial charge in [0.15, 0.2) is 0 Å². The van der Waals surface area contributed by atoms with Crippen LogP contribution >= 0.6 is 0 Å². The first-order valence-electron chi connectivity index (χ1n) is 7.20. The summed E-state index contributed by atoms with van der Waals surface area (Å²) in [7, 11) is 4.05. The highest BCUT2D eigenvalue weighted by molar-refractivity contribution is 6.03. The zero-order valence-electron chi connectivity index (χ0n) is 12.1. The SMILES string of the molecule is CN(C)c1ccc2c(c1)C(CN1CCNCC1)C(=O)N2. The van der Waals surface area contributed by atoms with Crippen LogP contribution < -0.4 is 15.5 Å². The molecule has 2 aliphatic rings. The Hall–Kier alpha value is -1.59. The Balaban J connectivity index is 1.82. The van der Waals surface area contributed by atoms with Crippen LogP contribution in [0, 0.1) is 0 Å². The van der Waals surface area contributed by atoms with Crippen molar-refractivity contribution in [3.63, 3.8) is 0 Å². The number of anilines is 2. The average molecular weight is 274 g/mol. The molecule has 20 heavy (non-hydrogen) atoms. The number of fused-ring (bicyclic) bond motifs is 1. The third-order valence-electron chi connectivity index (χ3n) is 4.15. The summed E-state index contributed by atoms with van der Waals surface area (Å²) in [6, 6.07) is 6.20. The number of hydrogen-bond donors (Lipinski definition) is 2. The monoisotopic (exact) mass is 274 g/mol. The Morgan fingerprint density at radius 1 is 1.30 bits per heavy atom. The number of carbonyl (C=O) groups is 1. The van der Waals surface area contributed by atoms with Gasteiger partial charge in [-0.1, -0.05) is 0 Å². The van der Waals surface area contributed by atoms with Crippen LogP contribution in [0.15, 0.2) is 18.2 Å². The van der Waals surface area contributed by atoms with Crippen LogP contribution in [0.4, 0.5) is 11.4 Å². The highest BCUT2D eigenvalue weighted by Gasteiger charge is 2.32. The average Bonchev–Trinajstić information content (AvgIpc) is 2.75. The summed E-state index contributed by atoms with van der Waals surface area (Å²) < 4.78 is 0. The smallest absolute Gasteiger partial charge is 0.233 e. The van der Waals surface area contributed by atoms with Crippen molar-refractivity contribution >= 4 is 17.3 Å². The lowest BCUT2D eigenvalue weighted by Crippen LogP contribution is -2.45. The Kier molecular flexibility index (Phi) is 3.63. The van der Waals surface area contributed by atoms with E-state index in [4.69, 9.17) is 0 Å². The summed E-state index contributed by atoms with van der Waals surface area (Å²) in [6.45, 7) is 4.88. The van der Waals surface area contributed by atoms with Crippen LogP contribution in [-0.4, -0.2) is 57.6 Å². The lowest BCUT2D eigenvalue weighted by atomic mass is 9.99. The molecule has 1 saturated heterocycles. The molecule has 0 spiro atoms. The molecule has 0 radical (unpaired) electrons. The second-order valence-electron chi connectivity index (χ2n) is 5.76. The number of piperazine rings is 1. The van der Waals surface area contributed by atoms with Gasteiger partial charge in [-0.15, -0.1) is 0 Å². The maximum absolute atomic E-state index is 12.2. The van der Waals surface area contributed by atoms with Crippen LogP contribution in [0.5, 0.6) is 0 Å². The van der Waals surface area contributed by atoms with Gasteiger partial charge in [-0.2, -0.15) is 0 Å². The molecule has 1 fully saturated rings. The fraction of sp³-hybridized carbons (Fsp3) is 0.533. The number of benzene rings is 1. The summed E-state index contributed by atoms with van der Waals surface area (Å²) in [5.74, 6) is 0.0949. The molecule has 108 valence electrons. The van der Waals surface area contributed by atoms with Crippen LogP contribution in [0.3, 0.4) is 0 Å². The molecule has 5 nitrogen and oxygen atoms in total. The van der Waals surface area contributed by atoms with Crippen molar-refractivity contribution in [3.8, 4) is 0 Å². The second-order valence-corrected chi connectivity index (χ2v) is 5.76. The molecule has 1 atom stereocenters. The van der Waals surface area contributed by atoms with E-state index in [2.05, 4.69) is 26.5 Å². The molecule has 0 aliphatic carbocycles. The highest BCUT2D eigenvalue weighted by Crippen LogP contribution is 2.35. The molecule has 0 saturated carbocycles. The Morgan fingerprint density at radius 3 is 2.75 bits per heavy atom. The molecular formula is C15H22N4O. The Morgan fingerprint density at radius 2 is 2.05 bits per heavy atom. The normalized spacial score (nSPS) is 22.5. The van der Waals surface area contributed by atoms with E-state index in [0.717, 1.165) is 49.7 Å². The number of rotatable bonds is 3. The van der Waals surface area contributed by atoms with Crippen LogP contribution in [-0.2, 0) is 4.79 Å². The van der Waals surface area contributed by atoms with E-state index < -0.39 is 0 Å². The predicted molar refractivity (Wildman–Crippen MR) is 81.4 cm³/mol. The van der Waals surface area contributed by atoms with E-state index >= 15 is 0 Å². The molecule has 1 amide bonds. The van der Waals surface area contributed by atoms with E-state index in [9.17, 15) is 4.79 Å². The van der Waals surface area contributed by atoms with Crippen molar-refractivity contribution in [2.24, 2.45) is 0 Å². The highest BCUT2D eigenvalue weighted by atomic mass is 16.2. The third kappa shape index (κ3) is 2.51. The maximum Gasteiger partial charge on any atom is 0.233 e. The molecule has 2 heterocycles. The first kappa shape index (κ1) is 13.4. The van der Waals surface area contributed by atoms with Crippen LogP contribution in [0.25, 0.3) is 0 Å². The van der Waals surface area contributed by atoms with Crippen LogP contribution in [0.2, 0.25) is 0 Å². The number of hydrogen-bond acceptors (Lipinski definition) is 4. The van der Waals surface area contributed by atoms with E-state index in [1.807, 2.05) is 26.2 Å². The molecule has 0 aromatic heterocycles. The van der Waals surface area contributed by atoms with Gasteiger partial charge in [0.2, 0.25) is 5.91 Å². The molecule has 5 heteroatoms. The second kappa shape index (κ2) is 5.42.